The summed E-state index contributed by atoms with van der Waals surface area (Å²) in [7, 11) is -2.92. The molecule has 0 saturated heterocycles. The van der Waals surface area contributed by atoms with Crippen molar-refractivity contribution in [1.29, 1.82) is 0 Å². The van der Waals surface area contributed by atoms with Gasteiger partial charge in [0.15, 0.2) is 9.84 Å². The second-order valence-corrected chi connectivity index (χ2v) is 6.27. The normalized spacial score (nSPS) is 11.9. The first-order chi connectivity index (χ1) is 7.07. The van der Waals surface area contributed by atoms with Crippen molar-refractivity contribution in [2.75, 3.05) is 17.3 Å². The minimum absolute atomic E-state index is 0.120. The summed E-state index contributed by atoms with van der Waals surface area (Å²) >= 11 is 1.22. The van der Waals surface area contributed by atoms with Gasteiger partial charge in [0.25, 0.3) is 5.22 Å². The maximum absolute atomic E-state index is 11.2. The fraction of sp³-hybridized carbons (Fsp3) is 0.714. The average molecular weight is 251 g/mol. The number of thioether (sulfide) groups is 1. The number of rotatable bonds is 6. The van der Waals surface area contributed by atoms with E-state index in [0.29, 0.717) is 16.9 Å². The van der Waals surface area contributed by atoms with Crippen LogP contribution in [0, 0.1) is 0 Å². The maximum atomic E-state index is 11.2. The summed E-state index contributed by atoms with van der Waals surface area (Å²) in [6.07, 6.45) is 0. The van der Waals surface area contributed by atoms with Crippen LogP contribution in [0.1, 0.15) is 12.8 Å². The highest BCUT2D eigenvalue weighted by molar-refractivity contribution is 8.00. The lowest BCUT2D eigenvalue weighted by Crippen LogP contribution is -2.10. The molecule has 8 heteroatoms. The van der Waals surface area contributed by atoms with Gasteiger partial charge in [0.05, 0.1) is 12.3 Å². The third kappa shape index (κ3) is 4.18. The predicted octanol–water partition coefficient (Wildman–Crippen LogP) is 0.0551. The van der Waals surface area contributed by atoms with Crippen LogP contribution in [0.4, 0.5) is 0 Å². The largest absolute Gasteiger partial charge is 0.415 e. The third-order valence-electron chi connectivity index (χ3n) is 1.68. The van der Waals surface area contributed by atoms with Crippen molar-refractivity contribution in [3.05, 3.63) is 5.89 Å². The van der Waals surface area contributed by atoms with Crippen LogP contribution in [0.25, 0.3) is 0 Å². The fourth-order valence-electron chi connectivity index (χ4n) is 0.779. The lowest BCUT2D eigenvalue weighted by Gasteiger charge is -1.97. The molecule has 0 radical (unpaired) electrons. The van der Waals surface area contributed by atoms with Crippen molar-refractivity contribution in [2.45, 2.75) is 18.7 Å². The van der Waals surface area contributed by atoms with Gasteiger partial charge in [-0.05, 0) is 0 Å². The summed E-state index contributed by atoms with van der Waals surface area (Å²) in [5.74, 6) is 1.05. The van der Waals surface area contributed by atoms with Gasteiger partial charge in [-0.1, -0.05) is 18.7 Å². The molecule has 0 aromatic carbocycles. The Hall–Kier alpha value is -0.600. The van der Waals surface area contributed by atoms with Gasteiger partial charge in [-0.25, -0.2) is 8.42 Å². The van der Waals surface area contributed by atoms with Crippen LogP contribution in [0.3, 0.4) is 0 Å². The smallest absolute Gasteiger partial charge is 0.276 e. The van der Waals surface area contributed by atoms with Crippen molar-refractivity contribution in [2.24, 2.45) is 5.73 Å². The Morgan fingerprint density at radius 1 is 1.47 bits per heavy atom. The van der Waals surface area contributed by atoms with E-state index in [1.807, 2.05) is 0 Å². The molecule has 0 spiro atoms. The fourth-order valence-corrected chi connectivity index (χ4v) is 2.85. The highest BCUT2D eigenvalue weighted by atomic mass is 32.2. The minimum Gasteiger partial charge on any atom is -0.415 e. The Labute approximate surface area is 92.5 Å². The molecular formula is C7H13N3O3S2. The van der Waals surface area contributed by atoms with E-state index in [2.05, 4.69) is 10.2 Å². The Balaban J connectivity index is 2.38. The highest BCUT2D eigenvalue weighted by Gasteiger charge is 2.10. The molecule has 0 aliphatic rings. The van der Waals surface area contributed by atoms with Crippen molar-refractivity contribution in [3.8, 4) is 0 Å². The van der Waals surface area contributed by atoms with Crippen LogP contribution in [-0.2, 0) is 16.4 Å². The van der Waals surface area contributed by atoms with E-state index in [1.165, 1.54) is 11.8 Å². The van der Waals surface area contributed by atoms with Crippen molar-refractivity contribution in [1.82, 2.24) is 10.2 Å². The standard InChI is InChI=1S/C7H13N3O3S2/c1-2-15(11,12)4-3-14-7-10-9-6(5-8)13-7/h2-5,8H2,1H3. The average Bonchev–Trinajstić information content (AvgIpc) is 2.66. The van der Waals surface area contributed by atoms with Crippen LogP contribution in [0.15, 0.2) is 9.64 Å². The summed E-state index contributed by atoms with van der Waals surface area (Å²) < 4.78 is 27.4. The van der Waals surface area contributed by atoms with Gasteiger partial charge >= 0.3 is 0 Å². The Kier molecular flexibility index (Phi) is 4.55. The summed E-state index contributed by atoms with van der Waals surface area (Å²) in [5.41, 5.74) is 5.28. The zero-order valence-corrected chi connectivity index (χ0v) is 9.97. The zero-order valence-electron chi connectivity index (χ0n) is 8.34. The molecule has 6 nitrogen and oxygen atoms in total. The molecule has 0 amide bonds. The van der Waals surface area contributed by atoms with Gasteiger partial charge in [-0.15, -0.1) is 10.2 Å². The molecule has 0 atom stereocenters. The molecule has 86 valence electrons. The van der Waals surface area contributed by atoms with E-state index < -0.39 is 9.84 Å². The maximum Gasteiger partial charge on any atom is 0.276 e. The van der Waals surface area contributed by atoms with E-state index >= 15 is 0 Å². The second-order valence-electron chi connectivity index (χ2n) is 2.75. The summed E-state index contributed by atoms with van der Waals surface area (Å²) in [6.45, 7) is 1.82. The molecule has 1 heterocycles. The Bertz CT molecular complexity index is 401. The first kappa shape index (κ1) is 12.5. The van der Waals surface area contributed by atoms with Gasteiger partial charge in [-0.2, -0.15) is 0 Å². The van der Waals surface area contributed by atoms with E-state index in [9.17, 15) is 8.42 Å². The zero-order chi connectivity index (χ0) is 11.3. The van der Waals surface area contributed by atoms with E-state index in [0.717, 1.165) is 0 Å². The van der Waals surface area contributed by atoms with E-state index in [1.54, 1.807) is 6.92 Å². The lowest BCUT2D eigenvalue weighted by molar-refractivity contribution is 0.415. The minimum atomic E-state index is -2.92. The van der Waals surface area contributed by atoms with E-state index in [4.69, 9.17) is 10.2 Å². The SMILES string of the molecule is CCS(=O)(=O)CCSc1nnc(CN)o1. The van der Waals surface area contributed by atoms with Gasteiger partial charge in [0, 0.05) is 11.5 Å². The number of nitrogens with two attached hydrogens (primary N) is 1. The molecule has 1 aromatic rings. The van der Waals surface area contributed by atoms with Crippen molar-refractivity contribution in [3.63, 3.8) is 0 Å². The van der Waals surface area contributed by atoms with Crippen LogP contribution >= 0.6 is 11.8 Å². The summed E-state index contributed by atoms with van der Waals surface area (Å²) in [4.78, 5) is 0. The third-order valence-corrected chi connectivity index (χ3v) is 4.47. The van der Waals surface area contributed by atoms with Crippen molar-refractivity contribution >= 4 is 21.6 Å². The molecule has 1 aromatic heterocycles. The molecule has 0 saturated carbocycles. The van der Waals surface area contributed by atoms with Crippen LogP contribution in [-0.4, -0.2) is 35.9 Å². The van der Waals surface area contributed by atoms with Gasteiger partial charge in [0.1, 0.15) is 0 Å². The highest BCUT2D eigenvalue weighted by Crippen LogP contribution is 2.16. The predicted molar refractivity (Wildman–Crippen MR) is 57.2 cm³/mol. The number of sulfone groups is 1. The number of aromatic nitrogens is 2. The summed E-state index contributed by atoms with van der Waals surface area (Å²) in [6, 6.07) is 0. The number of hydrogen-bond acceptors (Lipinski definition) is 7. The van der Waals surface area contributed by atoms with Crippen LogP contribution in [0.5, 0.6) is 0 Å². The Morgan fingerprint density at radius 2 is 2.20 bits per heavy atom. The number of nitrogens with zero attached hydrogens (tertiary/aromatic N) is 2. The molecule has 2 N–H and O–H groups in total. The van der Waals surface area contributed by atoms with Gasteiger partial charge in [0.2, 0.25) is 5.89 Å². The second kappa shape index (κ2) is 5.47. The lowest BCUT2D eigenvalue weighted by atomic mass is 10.7. The Morgan fingerprint density at radius 3 is 2.73 bits per heavy atom. The topological polar surface area (TPSA) is 99.1 Å². The molecule has 0 fully saturated rings. The summed E-state index contributed by atoms with van der Waals surface area (Å²) in [5, 5.41) is 7.72. The molecule has 0 aliphatic heterocycles. The van der Waals surface area contributed by atoms with Crippen LogP contribution in [0.2, 0.25) is 0 Å². The monoisotopic (exact) mass is 251 g/mol. The van der Waals surface area contributed by atoms with Gasteiger partial charge < -0.3 is 10.2 Å². The number of hydrogen-bond donors (Lipinski definition) is 1. The molecule has 0 bridgehead atoms. The van der Waals surface area contributed by atoms with E-state index in [-0.39, 0.29) is 18.1 Å². The molecule has 1 rings (SSSR count). The molecule has 15 heavy (non-hydrogen) atoms. The molecular weight excluding hydrogens is 238 g/mol. The van der Waals surface area contributed by atoms with Crippen LogP contribution < -0.4 is 5.73 Å². The van der Waals surface area contributed by atoms with Crippen molar-refractivity contribution < 1.29 is 12.8 Å². The quantitative estimate of drug-likeness (QED) is 0.713. The molecule has 0 unspecified atom stereocenters. The van der Waals surface area contributed by atoms with Gasteiger partial charge in [-0.3, -0.25) is 0 Å². The molecule has 0 aliphatic carbocycles. The first-order valence-electron chi connectivity index (χ1n) is 4.43. The first-order valence-corrected chi connectivity index (χ1v) is 7.23.